The smallest absolute Gasteiger partial charge is 0.0818 e. The summed E-state index contributed by atoms with van der Waals surface area (Å²) in [6.45, 7) is 4.65. The summed E-state index contributed by atoms with van der Waals surface area (Å²) in [6, 6.07) is 10.2. The van der Waals surface area contributed by atoms with E-state index in [2.05, 4.69) is 19.2 Å². The fourth-order valence-electron chi connectivity index (χ4n) is 1.53. The fraction of sp³-hybridized carbons (Fsp3) is 0.538. The molecule has 0 saturated carbocycles. The van der Waals surface area contributed by atoms with Gasteiger partial charge in [-0.05, 0) is 12.0 Å². The van der Waals surface area contributed by atoms with E-state index in [1.807, 2.05) is 30.3 Å². The number of benzene rings is 1. The number of aliphatic hydroxyl groups excluding tert-OH is 1. The Balaban J connectivity index is 2.37. The molecule has 1 rings (SSSR count). The molecule has 0 fully saturated rings. The highest BCUT2D eigenvalue weighted by molar-refractivity contribution is 5.16. The lowest BCUT2D eigenvalue weighted by molar-refractivity contribution is 0.139. The van der Waals surface area contributed by atoms with E-state index >= 15 is 0 Å². The minimum atomic E-state index is -0.498. The Morgan fingerprint density at radius 2 is 1.88 bits per heavy atom. The van der Waals surface area contributed by atoms with Crippen molar-refractivity contribution >= 4 is 0 Å². The molecule has 90 valence electrons. The molecule has 3 nitrogen and oxygen atoms in total. The molecule has 0 bridgehead atoms. The highest BCUT2D eigenvalue weighted by atomic mass is 16.3. The SMILES string of the molecule is CC(C)NC[C@@H](O)[C@@H](N)Cc1ccccc1. The molecular weight excluding hydrogens is 200 g/mol. The van der Waals surface area contributed by atoms with Crippen molar-refractivity contribution in [2.75, 3.05) is 6.54 Å². The second-order valence-corrected chi connectivity index (χ2v) is 4.48. The van der Waals surface area contributed by atoms with E-state index in [4.69, 9.17) is 5.73 Å². The summed E-state index contributed by atoms with van der Waals surface area (Å²) in [5, 5.41) is 13.0. The molecule has 0 heterocycles. The van der Waals surface area contributed by atoms with Crippen LogP contribution in [0.15, 0.2) is 30.3 Å². The molecule has 0 radical (unpaired) electrons. The maximum atomic E-state index is 9.84. The van der Waals surface area contributed by atoms with Gasteiger partial charge in [0.2, 0.25) is 0 Å². The highest BCUT2D eigenvalue weighted by Gasteiger charge is 2.14. The number of hydrogen-bond acceptors (Lipinski definition) is 3. The summed E-state index contributed by atoms with van der Waals surface area (Å²) in [4.78, 5) is 0. The molecule has 16 heavy (non-hydrogen) atoms. The minimum absolute atomic E-state index is 0.214. The van der Waals surface area contributed by atoms with Gasteiger partial charge in [-0.25, -0.2) is 0 Å². The van der Waals surface area contributed by atoms with Gasteiger partial charge in [-0.3, -0.25) is 0 Å². The zero-order valence-electron chi connectivity index (χ0n) is 10.1. The summed E-state index contributed by atoms with van der Waals surface area (Å²) in [5.74, 6) is 0. The molecule has 0 spiro atoms. The topological polar surface area (TPSA) is 58.3 Å². The first kappa shape index (κ1) is 13.2. The van der Waals surface area contributed by atoms with Crippen LogP contribution in [0.1, 0.15) is 19.4 Å². The Bertz CT molecular complexity index is 287. The predicted octanol–water partition coefficient (Wildman–Crippen LogP) is 0.915. The molecule has 0 aromatic heterocycles. The summed E-state index contributed by atoms with van der Waals surface area (Å²) >= 11 is 0. The van der Waals surface area contributed by atoms with Gasteiger partial charge in [0.25, 0.3) is 0 Å². The predicted molar refractivity (Wildman–Crippen MR) is 67.3 cm³/mol. The van der Waals surface area contributed by atoms with Crippen LogP contribution in [0.4, 0.5) is 0 Å². The third-order valence-corrected chi connectivity index (χ3v) is 2.54. The van der Waals surface area contributed by atoms with Gasteiger partial charge in [-0.1, -0.05) is 44.2 Å². The van der Waals surface area contributed by atoms with Crippen LogP contribution in [-0.2, 0) is 6.42 Å². The summed E-state index contributed by atoms with van der Waals surface area (Å²) in [7, 11) is 0. The molecule has 0 saturated heterocycles. The van der Waals surface area contributed by atoms with Crippen molar-refractivity contribution in [1.29, 1.82) is 0 Å². The molecule has 4 N–H and O–H groups in total. The number of hydrogen-bond donors (Lipinski definition) is 3. The molecule has 0 aliphatic heterocycles. The Labute approximate surface area is 97.7 Å². The first-order chi connectivity index (χ1) is 7.59. The van der Waals surface area contributed by atoms with E-state index in [0.29, 0.717) is 19.0 Å². The van der Waals surface area contributed by atoms with Crippen LogP contribution < -0.4 is 11.1 Å². The van der Waals surface area contributed by atoms with Crippen molar-refractivity contribution in [3.63, 3.8) is 0 Å². The van der Waals surface area contributed by atoms with Crippen molar-refractivity contribution in [3.05, 3.63) is 35.9 Å². The number of nitrogens with two attached hydrogens (primary N) is 1. The van der Waals surface area contributed by atoms with Gasteiger partial charge >= 0.3 is 0 Å². The van der Waals surface area contributed by atoms with Crippen LogP contribution >= 0.6 is 0 Å². The molecule has 0 aliphatic carbocycles. The zero-order chi connectivity index (χ0) is 12.0. The maximum absolute atomic E-state index is 9.84. The molecule has 2 atom stereocenters. The minimum Gasteiger partial charge on any atom is -0.390 e. The standard InChI is InChI=1S/C13H22N2O/c1-10(2)15-9-13(16)12(14)8-11-6-4-3-5-7-11/h3-7,10,12-13,15-16H,8-9,14H2,1-2H3/t12-,13+/m0/s1. The maximum Gasteiger partial charge on any atom is 0.0818 e. The third kappa shape index (κ3) is 4.75. The lowest BCUT2D eigenvalue weighted by atomic mass is 10.0. The third-order valence-electron chi connectivity index (χ3n) is 2.54. The average molecular weight is 222 g/mol. The van der Waals surface area contributed by atoms with Gasteiger partial charge < -0.3 is 16.2 Å². The summed E-state index contributed by atoms with van der Waals surface area (Å²) in [5.41, 5.74) is 7.11. The monoisotopic (exact) mass is 222 g/mol. The van der Waals surface area contributed by atoms with Crippen LogP contribution in [0.2, 0.25) is 0 Å². The van der Waals surface area contributed by atoms with E-state index in [1.54, 1.807) is 0 Å². The summed E-state index contributed by atoms with van der Waals surface area (Å²) in [6.07, 6.45) is 0.213. The normalized spacial score (nSPS) is 15.1. The van der Waals surface area contributed by atoms with Crippen LogP contribution in [0, 0.1) is 0 Å². The van der Waals surface area contributed by atoms with Gasteiger partial charge in [-0.15, -0.1) is 0 Å². The Morgan fingerprint density at radius 1 is 1.25 bits per heavy atom. The van der Waals surface area contributed by atoms with Crippen LogP contribution in [0.3, 0.4) is 0 Å². The molecule has 3 heteroatoms. The van der Waals surface area contributed by atoms with Crippen molar-refractivity contribution in [2.24, 2.45) is 5.73 Å². The highest BCUT2D eigenvalue weighted by Crippen LogP contribution is 2.04. The Hall–Kier alpha value is -0.900. The molecule has 0 unspecified atom stereocenters. The second kappa shape index (κ2) is 6.63. The molecule has 0 aliphatic rings. The largest absolute Gasteiger partial charge is 0.390 e. The fourth-order valence-corrected chi connectivity index (χ4v) is 1.53. The average Bonchev–Trinajstić information content (AvgIpc) is 2.27. The van der Waals surface area contributed by atoms with E-state index < -0.39 is 6.10 Å². The Kier molecular flexibility index (Phi) is 5.46. The van der Waals surface area contributed by atoms with E-state index in [9.17, 15) is 5.11 Å². The van der Waals surface area contributed by atoms with E-state index in [-0.39, 0.29) is 6.04 Å². The molecular formula is C13H22N2O. The zero-order valence-corrected chi connectivity index (χ0v) is 10.1. The quantitative estimate of drug-likeness (QED) is 0.670. The van der Waals surface area contributed by atoms with Crippen LogP contribution in [0.25, 0.3) is 0 Å². The van der Waals surface area contributed by atoms with E-state index in [1.165, 1.54) is 5.56 Å². The van der Waals surface area contributed by atoms with Gasteiger partial charge in [0.05, 0.1) is 6.10 Å². The van der Waals surface area contributed by atoms with Crippen LogP contribution in [-0.4, -0.2) is 29.8 Å². The second-order valence-electron chi connectivity index (χ2n) is 4.48. The van der Waals surface area contributed by atoms with Crippen molar-refractivity contribution in [3.8, 4) is 0 Å². The number of nitrogens with one attached hydrogen (secondary N) is 1. The van der Waals surface area contributed by atoms with Crippen molar-refractivity contribution in [2.45, 2.75) is 38.5 Å². The van der Waals surface area contributed by atoms with Crippen molar-refractivity contribution < 1.29 is 5.11 Å². The van der Waals surface area contributed by atoms with Gasteiger partial charge in [0.1, 0.15) is 0 Å². The van der Waals surface area contributed by atoms with Gasteiger partial charge in [0.15, 0.2) is 0 Å². The van der Waals surface area contributed by atoms with Gasteiger partial charge in [-0.2, -0.15) is 0 Å². The van der Waals surface area contributed by atoms with Crippen molar-refractivity contribution in [1.82, 2.24) is 5.32 Å². The number of aliphatic hydroxyl groups is 1. The lowest BCUT2D eigenvalue weighted by Gasteiger charge is -2.20. The molecule has 1 aromatic rings. The summed E-state index contributed by atoms with van der Waals surface area (Å²) < 4.78 is 0. The number of rotatable bonds is 6. The molecule has 1 aromatic carbocycles. The van der Waals surface area contributed by atoms with Gasteiger partial charge in [0, 0.05) is 18.6 Å². The molecule has 0 amide bonds. The first-order valence-electron chi connectivity index (χ1n) is 5.80. The first-order valence-corrected chi connectivity index (χ1v) is 5.80. The van der Waals surface area contributed by atoms with E-state index in [0.717, 1.165) is 0 Å². The Morgan fingerprint density at radius 3 is 2.44 bits per heavy atom. The lowest BCUT2D eigenvalue weighted by Crippen LogP contribution is -2.44. The van der Waals surface area contributed by atoms with Crippen LogP contribution in [0.5, 0.6) is 0 Å².